The molecule has 0 amide bonds. The van der Waals surface area contributed by atoms with Crippen molar-refractivity contribution in [1.29, 1.82) is 0 Å². The van der Waals surface area contributed by atoms with Crippen LogP contribution >= 0.6 is 11.8 Å². The molecule has 2 saturated heterocycles. The van der Waals surface area contributed by atoms with Crippen LogP contribution < -0.4 is 4.74 Å². The fraction of sp³-hybridized carbons (Fsp3) is 0.500. The van der Waals surface area contributed by atoms with Crippen molar-refractivity contribution in [2.75, 3.05) is 18.8 Å². The molecule has 0 radical (unpaired) electrons. The Bertz CT molecular complexity index is 640. The maximum Gasteiger partial charge on any atom is 0.213 e. The number of aryl methyl sites for hydroxylation is 1. The molecule has 0 N–H and O–H groups in total. The van der Waals surface area contributed by atoms with Gasteiger partial charge in [0.15, 0.2) is 0 Å². The van der Waals surface area contributed by atoms with E-state index in [9.17, 15) is 0 Å². The minimum atomic E-state index is 0.274. The average Bonchev–Trinajstić information content (AvgIpc) is 3.07. The summed E-state index contributed by atoms with van der Waals surface area (Å²) in [7, 11) is 0. The van der Waals surface area contributed by atoms with E-state index in [-0.39, 0.29) is 6.10 Å². The van der Waals surface area contributed by atoms with Crippen LogP contribution in [-0.2, 0) is 6.54 Å². The summed E-state index contributed by atoms with van der Waals surface area (Å²) in [6, 6.07) is 7.81. The summed E-state index contributed by atoms with van der Waals surface area (Å²) in [5, 5.41) is 4.07. The van der Waals surface area contributed by atoms with Crippen molar-refractivity contribution in [3.05, 3.63) is 41.9 Å². The van der Waals surface area contributed by atoms with Crippen molar-refractivity contribution >= 4 is 11.8 Å². The Morgan fingerprint density at radius 3 is 3.09 bits per heavy atom. The maximum atomic E-state index is 5.99. The van der Waals surface area contributed by atoms with E-state index in [4.69, 9.17) is 9.26 Å². The molecule has 4 heterocycles. The highest BCUT2D eigenvalue weighted by Gasteiger charge is 2.49. The molecular formula is C16H19N3O2S. The lowest BCUT2D eigenvalue weighted by Crippen LogP contribution is -2.58. The lowest BCUT2D eigenvalue weighted by Gasteiger charge is -2.47. The van der Waals surface area contributed by atoms with E-state index in [0.29, 0.717) is 4.75 Å². The first-order chi connectivity index (χ1) is 10.7. The van der Waals surface area contributed by atoms with Crippen molar-refractivity contribution in [1.82, 2.24) is 15.0 Å². The summed E-state index contributed by atoms with van der Waals surface area (Å²) in [6.45, 7) is 5.02. The Morgan fingerprint density at radius 1 is 1.45 bits per heavy atom. The summed E-state index contributed by atoms with van der Waals surface area (Å²) < 4.78 is 11.5. The van der Waals surface area contributed by atoms with Crippen molar-refractivity contribution in [3.8, 4) is 5.88 Å². The molecule has 1 spiro atoms. The van der Waals surface area contributed by atoms with Crippen molar-refractivity contribution in [2.45, 2.75) is 30.7 Å². The van der Waals surface area contributed by atoms with Crippen LogP contribution in [0.4, 0.5) is 0 Å². The lowest BCUT2D eigenvalue weighted by atomic mass is 9.93. The molecule has 22 heavy (non-hydrogen) atoms. The smallest absolute Gasteiger partial charge is 0.213 e. The number of hydrogen-bond donors (Lipinski definition) is 0. The Morgan fingerprint density at radius 2 is 2.36 bits per heavy atom. The van der Waals surface area contributed by atoms with Gasteiger partial charge in [0.05, 0.1) is 5.69 Å². The van der Waals surface area contributed by atoms with Crippen LogP contribution in [0.3, 0.4) is 0 Å². The van der Waals surface area contributed by atoms with Gasteiger partial charge in [-0.05, 0) is 13.0 Å². The number of thioether (sulfide) groups is 1. The molecule has 0 aliphatic carbocycles. The van der Waals surface area contributed by atoms with Crippen molar-refractivity contribution < 1.29 is 9.26 Å². The molecule has 2 aliphatic rings. The molecular weight excluding hydrogens is 298 g/mol. The van der Waals surface area contributed by atoms with E-state index in [0.717, 1.165) is 49.1 Å². The Labute approximate surface area is 134 Å². The van der Waals surface area contributed by atoms with E-state index < -0.39 is 0 Å². The fourth-order valence-electron chi connectivity index (χ4n) is 3.29. The fourth-order valence-corrected chi connectivity index (χ4v) is 4.87. The topological polar surface area (TPSA) is 51.4 Å². The van der Waals surface area contributed by atoms with Gasteiger partial charge in [-0.3, -0.25) is 4.90 Å². The number of ether oxygens (including phenoxy) is 1. The molecule has 2 fully saturated rings. The summed E-state index contributed by atoms with van der Waals surface area (Å²) in [4.78, 5) is 6.67. The van der Waals surface area contributed by atoms with Crippen LogP contribution in [-0.4, -0.2) is 44.7 Å². The highest BCUT2D eigenvalue weighted by Crippen LogP contribution is 2.46. The summed E-state index contributed by atoms with van der Waals surface area (Å²) >= 11 is 2.04. The lowest BCUT2D eigenvalue weighted by molar-refractivity contribution is 0.0887. The molecule has 116 valence electrons. The minimum absolute atomic E-state index is 0.274. The second kappa shape index (κ2) is 5.59. The van der Waals surface area contributed by atoms with E-state index in [1.165, 1.54) is 0 Å². The first-order valence-electron chi connectivity index (χ1n) is 7.57. The Balaban J connectivity index is 1.29. The number of hydrogen-bond acceptors (Lipinski definition) is 6. The van der Waals surface area contributed by atoms with Gasteiger partial charge in [-0.15, -0.1) is 11.8 Å². The second-order valence-corrected chi connectivity index (χ2v) is 7.67. The van der Waals surface area contributed by atoms with E-state index >= 15 is 0 Å². The molecule has 5 nitrogen and oxygen atoms in total. The third-order valence-electron chi connectivity index (χ3n) is 4.19. The molecule has 1 atom stereocenters. The largest absolute Gasteiger partial charge is 0.473 e. The van der Waals surface area contributed by atoms with Gasteiger partial charge in [0.2, 0.25) is 5.88 Å². The molecule has 0 saturated carbocycles. The van der Waals surface area contributed by atoms with Gasteiger partial charge in [-0.25, -0.2) is 4.98 Å². The molecule has 0 unspecified atom stereocenters. The van der Waals surface area contributed by atoms with Crippen LogP contribution in [0.1, 0.15) is 17.9 Å². The maximum absolute atomic E-state index is 5.99. The number of rotatable bonds is 4. The van der Waals surface area contributed by atoms with Crippen LogP contribution in [0.5, 0.6) is 5.88 Å². The third-order valence-corrected chi connectivity index (χ3v) is 5.76. The first-order valence-corrected chi connectivity index (χ1v) is 8.56. The Kier molecular flexibility index (Phi) is 3.58. The first kappa shape index (κ1) is 14.1. The van der Waals surface area contributed by atoms with Crippen LogP contribution in [0, 0.1) is 6.92 Å². The molecule has 0 aromatic carbocycles. The number of aromatic nitrogens is 2. The monoisotopic (exact) mass is 317 g/mol. The zero-order valence-electron chi connectivity index (χ0n) is 12.6. The van der Waals surface area contributed by atoms with E-state index in [1.54, 1.807) is 6.20 Å². The van der Waals surface area contributed by atoms with Crippen LogP contribution in [0.2, 0.25) is 0 Å². The van der Waals surface area contributed by atoms with E-state index in [1.807, 2.05) is 43.0 Å². The van der Waals surface area contributed by atoms with E-state index in [2.05, 4.69) is 15.0 Å². The van der Waals surface area contributed by atoms with Gasteiger partial charge in [0, 0.05) is 54.9 Å². The van der Waals surface area contributed by atoms with Crippen molar-refractivity contribution in [3.63, 3.8) is 0 Å². The molecule has 4 rings (SSSR count). The molecule has 0 bridgehead atoms. The minimum Gasteiger partial charge on any atom is -0.473 e. The highest BCUT2D eigenvalue weighted by molar-refractivity contribution is 8.01. The summed E-state index contributed by atoms with van der Waals surface area (Å²) in [6.07, 6.45) is 3.15. The zero-order valence-corrected chi connectivity index (χ0v) is 13.4. The van der Waals surface area contributed by atoms with Gasteiger partial charge in [-0.1, -0.05) is 11.2 Å². The normalized spacial score (nSPS) is 23.6. The van der Waals surface area contributed by atoms with Gasteiger partial charge in [0.25, 0.3) is 0 Å². The number of likely N-dealkylation sites (tertiary alicyclic amines) is 1. The van der Waals surface area contributed by atoms with Gasteiger partial charge >= 0.3 is 0 Å². The quantitative estimate of drug-likeness (QED) is 0.864. The van der Waals surface area contributed by atoms with Crippen molar-refractivity contribution in [2.24, 2.45) is 0 Å². The average molecular weight is 317 g/mol. The predicted octanol–water partition coefficient (Wildman–Crippen LogP) is 2.52. The predicted molar refractivity (Wildman–Crippen MR) is 85.0 cm³/mol. The summed E-state index contributed by atoms with van der Waals surface area (Å²) in [5.41, 5.74) is 1.02. The van der Waals surface area contributed by atoms with Crippen LogP contribution in [0.15, 0.2) is 35.0 Å². The zero-order chi connectivity index (χ0) is 15.0. The second-order valence-electron chi connectivity index (χ2n) is 6.18. The molecule has 6 heteroatoms. The van der Waals surface area contributed by atoms with Gasteiger partial charge in [0.1, 0.15) is 11.9 Å². The highest BCUT2D eigenvalue weighted by atomic mass is 32.2. The number of nitrogens with zero attached hydrogens (tertiary/aromatic N) is 3. The molecule has 2 aromatic heterocycles. The van der Waals surface area contributed by atoms with Crippen LogP contribution in [0.25, 0.3) is 0 Å². The molecule has 2 aromatic rings. The Hall–Kier alpha value is -1.53. The molecule has 2 aliphatic heterocycles. The van der Waals surface area contributed by atoms with Gasteiger partial charge < -0.3 is 9.26 Å². The third kappa shape index (κ3) is 2.85. The SMILES string of the molecule is Cc1cc(CN2CC3(C[C@@H](Oc4ccccn4)CS3)C2)no1. The number of pyridine rings is 1. The summed E-state index contributed by atoms with van der Waals surface area (Å²) in [5.74, 6) is 2.66. The van der Waals surface area contributed by atoms with Gasteiger partial charge in [-0.2, -0.15) is 0 Å². The standard InChI is InChI=1S/C16H19N3O2S/c1-12-6-13(18-21-12)8-19-10-16(11-19)7-14(9-22-16)20-15-4-2-3-5-17-15/h2-6,14H,7-11H2,1H3/t14-/m1/s1.